The molecule has 6 heteroatoms. The summed E-state index contributed by atoms with van der Waals surface area (Å²) < 4.78 is 5.42. The van der Waals surface area contributed by atoms with Crippen LogP contribution in [0.4, 0.5) is 0 Å². The molecule has 2 N–H and O–H groups in total. The number of amides is 1. The zero-order valence-corrected chi connectivity index (χ0v) is 15.8. The molecule has 0 saturated carbocycles. The number of morpholine rings is 1. The Morgan fingerprint density at radius 1 is 1.19 bits per heavy atom. The zero-order chi connectivity index (χ0) is 18.6. The third kappa shape index (κ3) is 4.18. The van der Waals surface area contributed by atoms with Crippen molar-refractivity contribution in [2.45, 2.75) is 12.8 Å². The van der Waals surface area contributed by atoms with Crippen molar-refractivity contribution in [3.63, 3.8) is 0 Å². The van der Waals surface area contributed by atoms with Crippen LogP contribution < -0.4 is 0 Å². The third-order valence-electron chi connectivity index (χ3n) is 6.04. The van der Waals surface area contributed by atoms with E-state index in [2.05, 4.69) is 22.0 Å². The number of likely N-dealkylation sites (tertiary alicyclic amines) is 1. The number of aromatic nitrogens is 1. The second-order valence-corrected chi connectivity index (χ2v) is 7.77. The van der Waals surface area contributed by atoms with E-state index in [0.717, 1.165) is 51.3 Å². The van der Waals surface area contributed by atoms with Crippen molar-refractivity contribution in [2.24, 2.45) is 11.8 Å². The van der Waals surface area contributed by atoms with E-state index < -0.39 is 0 Å². The van der Waals surface area contributed by atoms with Crippen molar-refractivity contribution in [2.75, 3.05) is 52.5 Å². The van der Waals surface area contributed by atoms with Crippen LogP contribution in [0.1, 0.15) is 12.0 Å². The van der Waals surface area contributed by atoms with E-state index in [-0.39, 0.29) is 18.4 Å². The lowest BCUT2D eigenvalue weighted by Gasteiger charge is -2.30. The maximum absolute atomic E-state index is 12.8. The number of rotatable bonds is 6. The largest absolute Gasteiger partial charge is 0.396 e. The van der Waals surface area contributed by atoms with Gasteiger partial charge in [0.1, 0.15) is 0 Å². The van der Waals surface area contributed by atoms with Gasteiger partial charge in [0.2, 0.25) is 5.91 Å². The molecule has 0 unspecified atom stereocenters. The van der Waals surface area contributed by atoms with Gasteiger partial charge in [-0.1, -0.05) is 18.2 Å². The fourth-order valence-corrected chi connectivity index (χ4v) is 4.41. The molecule has 0 aliphatic carbocycles. The quantitative estimate of drug-likeness (QED) is 0.808. The number of para-hydroxylation sites is 1. The highest BCUT2D eigenvalue weighted by molar-refractivity contribution is 5.84. The lowest BCUT2D eigenvalue weighted by Crippen LogP contribution is -2.41. The molecule has 1 amide bonds. The molecule has 0 radical (unpaired) electrons. The van der Waals surface area contributed by atoms with Crippen LogP contribution in [0, 0.1) is 11.8 Å². The fraction of sp³-hybridized carbons (Fsp3) is 0.571. The monoisotopic (exact) mass is 371 g/mol. The fourth-order valence-electron chi connectivity index (χ4n) is 4.41. The molecule has 2 saturated heterocycles. The van der Waals surface area contributed by atoms with Crippen LogP contribution >= 0.6 is 0 Å². The summed E-state index contributed by atoms with van der Waals surface area (Å²) in [5.74, 6) is 0.734. The van der Waals surface area contributed by atoms with Crippen LogP contribution in [0.2, 0.25) is 0 Å². The van der Waals surface area contributed by atoms with E-state index in [1.807, 2.05) is 23.2 Å². The highest BCUT2D eigenvalue weighted by Crippen LogP contribution is 2.26. The number of aromatic amines is 1. The number of fused-ring (bicyclic) bond motifs is 1. The molecule has 0 spiro atoms. The highest BCUT2D eigenvalue weighted by Gasteiger charge is 2.35. The number of hydrogen-bond acceptors (Lipinski definition) is 4. The minimum Gasteiger partial charge on any atom is -0.396 e. The van der Waals surface area contributed by atoms with Gasteiger partial charge in [-0.25, -0.2) is 0 Å². The molecule has 6 nitrogen and oxygen atoms in total. The van der Waals surface area contributed by atoms with Gasteiger partial charge < -0.3 is 19.7 Å². The Kier molecular flexibility index (Phi) is 5.76. The second-order valence-electron chi connectivity index (χ2n) is 7.77. The first-order valence-corrected chi connectivity index (χ1v) is 9.98. The van der Waals surface area contributed by atoms with Gasteiger partial charge in [0.15, 0.2) is 0 Å². The Labute approximate surface area is 160 Å². The topological polar surface area (TPSA) is 68.8 Å². The standard InChI is InChI=1S/C21H29N3O3/c25-15-18-14-24(13-17(18)12-23-7-9-27-10-8-23)21(26)6-5-16-11-22-20-4-2-1-3-19(16)20/h1-4,11,17-18,22,25H,5-10,12-15H2/t17-,18-/m0/s1. The van der Waals surface area contributed by atoms with E-state index in [0.29, 0.717) is 18.9 Å². The van der Waals surface area contributed by atoms with Gasteiger partial charge in [-0.05, 0) is 24.0 Å². The second kappa shape index (κ2) is 8.42. The molecule has 2 fully saturated rings. The van der Waals surface area contributed by atoms with E-state index >= 15 is 0 Å². The number of aryl methyl sites for hydroxylation is 1. The van der Waals surface area contributed by atoms with Gasteiger partial charge in [0, 0.05) is 68.8 Å². The first-order valence-electron chi connectivity index (χ1n) is 9.98. The molecule has 2 aromatic rings. The van der Waals surface area contributed by atoms with Gasteiger partial charge in [-0.15, -0.1) is 0 Å². The molecule has 2 aliphatic rings. The van der Waals surface area contributed by atoms with Crippen LogP contribution in [0.15, 0.2) is 30.5 Å². The molecule has 2 aliphatic heterocycles. The number of carbonyl (C=O) groups is 1. The van der Waals surface area contributed by atoms with Crippen LogP contribution in [-0.4, -0.2) is 78.3 Å². The van der Waals surface area contributed by atoms with Crippen LogP contribution in [0.5, 0.6) is 0 Å². The van der Waals surface area contributed by atoms with E-state index in [9.17, 15) is 9.90 Å². The molecule has 1 aromatic carbocycles. The Hall–Kier alpha value is -1.89. The van der Waals surface area contributed by atoms with Crippen molar-refractivity contribution < 1.29 is 14.6 Å². The van der Waals surface area contributed by atoms with E-state index in [1.165, 1.54) is 10.9 Å². The summed E-state index contributed by atoms with van der Waals surface area (Å²) in [4.78, 5) is 20.4. The van der Waals surface area contributed by atoms with Crippen LogP contribution in [-0.2, 0) is 16.0 Å². The third-order valence-corrected chi connectivity index (χ3v) is 6.04. The molecule has 146 valence electrons. The summed E-state index contributed by atoms with van der Waals surface area (Å²) in [5, 5.41) is 11.0. The number of aliphatic hydroxyl groups is 1. The summed E-state index contributed by atoms with van der Waals surface area (Å²) in [6.45, 7) is 6.00. The van der Waals surface area contributed by atoms with Gasteiger partial charge in [0.05, 0.1) is 13.2 Å². The first-order chi connectivity index (χ1) is 13.2. The molecular formula is C21H29N3O3. The van der Waals surface area contributed by atoms with Crippen LogP contribution in [0.25, 0.3) is 10.9 Å². The number of aliphatic hydroxyl groups excluding tert-OH is 1. The van der Waals surface area contributed by atoms with E-state index in [4.69, 9.17) is 4.74 Å². The Balaban J connectivity index is 1.33. The maximum Gasteiger partial charge on any atom is 0.222 e. The van der Waals surface area contributed by atoms with Crippen molar-refractivity contribution in [1.29, 1.82) is 0 Å². The molecule has 2 atom stereocenters. The minimum absolute atomic E-state index is 0.154. The molecule has 4 rings (SSSR count). The average molecular weight is 371 g/mol. The summed E-state index contributed by atoms with van der Waals surface area (Å²) in [7, 11) is 0. The van der Waals surface area contributed by atoms with Gasteiger partial charge in [0.25, 0.3) is 0 Å². The predicted octanol–water partition coefficient (Wildman–Crippen LogP) is 1.50. The first kappa shape index (κ1) is 18.5. The molecule has 3 heterocycles. The number of hydrogen-bond donors (Lipinski definition) is 2. The van der Waals surface area contributed by atoms with Crippen molar-refractivity contribution >= 4 is 16.8 Å². The normalized spacial score (nSPS) is 24.0. The summed E-state index contributed by atoms with van der Waals surface area (Å²) in [6.07, 6.45) is 3.28. The lowest BCUT2D eigenvalue weighted by atomic mass is 9.96. The Morgan fingerprint density at radius 3 is 2.78 bits per heavy atom. The van der Waals surface area contributed by atoms with Crippen molar-refractivity contribution in [1.82, 2.24) is 14.8 Å². The van der Waals surface area contributed by atoms with Crippen LogP contribution in [0.3, 0.4) is 0 Å². The SMILES string of the molecule is O=C(CCc1c[nH]c2ccccc12)N1C[C@@H](CO)[C@@H](CN2CCOCC2)C1. The highest BCUT2D eigenvalue weighted by atomic mass is 16.5. The number of H-pyrrole nitrogens is 1. The van der Waals surface area contributed by atoms with E-state index in [1.54, 1.807) is 0 Å². The number of ether oxygens (including phenoxy) is 1. The average Bonchev–Trinajstić information content (AvgIpc) is 3.31. The lowest BCUT2D eigenvalue weighted by molar-refractivity contribution is -0.130. The summed E-state index contributed by atoms with van der Waals surface area (Å²) in [6, 6.07) is 8.20. The molecule has 27 heavy (non-hydrogen) atoms. The number of carbonyl (C=O) groups excluding carboxylic acids is 1. The Morgan fingerprint density at radius 2 is 1.96 bits per heavy atom. The Bertz CT molecular complexity index is 769. The van der Waals surface area contributed by atoms with Gasteiger partial charge in [-0.3, -0.25) is 9.69 Å². The van der Waals surface area contributed by atoms with Gasteiger partial charge >= 0.3 is 0 Å². The smallest absolute Gasteiger partial charge is 0.222 e. The van der Waals surface area contributed by atoms with Crippen molar-refractivity contribution in [3.05, 3.63) is 36.0 Å². The number of nitrogens with one attached hydrogen (secondary N) is 1. The number of benzene rings is 1. The molecule has 0 bridgehead atoms. The zero-order valence-electron chi connectivity index (χ0n) is 15.8. The minimum atomic E-state index is 0.154. The van der Waals surface area contributed by atoms with Crippen molar-refractivity contribution in [3.8, 4) is 0 Å². The van der Waals surface area contributed by atoms with Gasteiger partial charge in [-0.2, -0.15) is 0 Å². The number of nitrogens with zero attached hydrogens (tertiary/aromatic N) is 2. The maximum atomic E-state index is 12.8. The summed E-state index contributed by atoms with van der Waals surface area (Å²) in [5.41, 5.74) is 2.31. The molecular weight excluding hydrogens is 342 g/mol. The molecule has 1 aromatic heterocycles. The predicted molar refractivity (Wildman–Crippen MR) is 105 cm³/mol. The summed E-state index contributed by atoms with van der Waals surface area (Å²) >= 11 is 0.